The molecule has 1 aromatic rings. The molecule has 0 aromatic heterocycles. The topological polar surface area (TPSA) is 52.7 Å². The molecule has 0 aliphatic carbocycles. The minimum atomic E-state index is -0.0495. The van der Waals surface area contributed by atoms with Gasteiger partial charge in [-0.2, -0.15) is 0 Å². The van der Waals surface area contributed by atoms with Crippen LogP contribution in [0, 0.1) is 5.92 Å². The summed E-state index contributed by atoms with van der Waals surface area (Å²) in [6.45, 7) is 9.26. The maximum atomic E-state index is 12.2. The quantitative estimate of drug-likeness (QED) is 0.766. The fourth-order valence-electron chi connectivity index (χ4n) is 3.21. The summed E-state index contributed by atoms with van der Waals surface area (Å²) in [4.78, 5) is 28.1. The van der Waals surface area contributed by atoms with Crippen molar-refractivity contribution in [3.63, 3.8) is 0 Å². The number of carbonyl (C=O) groups excluding carboxylic acids is 2. The smallest absolute Gasteiger partial charge is 0.226 e. The number of nitrogens with zero attached hydrogens (tertiary/aromatic N) is 2. The van der Waals surface area contributed by atoms with Gasteiger partial charge in [0.05, 0.1) is 0 Å². The Morgan fingerprint density at radius 1 is 1.08 bits per heavy atom. The Morgan fingerprint density at radius 2 is 1.73 bits per heavy atom. The van der Waals surface area contributed by atoms with Crippen LogP contribution in [0.15, 0.2) is 24.3 Å². The van der Waals surface area contributed by atoms with E-state index in [1.54, 1.807) is 11.8 Å². The highest BCUT2D eigenvalue weighted by Gasteiger charge is 2.13. The van der Waals surface area contributed by atoms with E-state index in [-0.39, 0.29) is 11.8 Å². The van der Waals surface area contributed by atoms with Gasteiger partial charge in [-0.15, -0.1) is 0 Å². The molecule has 0 atom stereocenters. The van der Waals surface area contributed by atoms with Gasteiger partial charge in [-0.25, -0.2) is 0 Å². The van der Waals surface area contributed by atoms with E-state index in [0.29, 0.717) is 25.4 Å². The number of amides is 2. The zero-order valence-corrected chi connectivity index (χ0v) is 16.5. The predicted octanol–water partition coefficient (Wildman–Crippen LogP) is 3.90. The molecule has 1 aliphatic rings. The lowest BCUT2D eigenvalue weighted by Crippen LogP contribution is -2.33. The Hall–Kier alpha value is -2.04. The van der Waals surface area contributed by atoms with Crippen molar-refractivity contribution < 1.29 is 9.59 Å². The molecule has 1 heterocycles. The lowest BCUT2D eigenvalue weighted by Gasteiger charge is -2.28. The molecular weight excluding hydrogens is 326 g/mol. The van der Waals surface area contributed by atoms with Crippen LogP contribution in [-0.2, 0) is 9.59 Å². The second-order valence-electron chi connectivity index (χ2n) is 7.58. The van der Waals surface area contributed by atoms with Crippen molar-refractivity contribution in [1.29, 1.82) is 0 Å². The summed E-state index contributed by atoms with van der Waals surface area (Å²) in [6.07, 6.45) is 5.10. The number of anilines is 2. The predicted molar refractivity (Wildman–Crippen MR) is 107 cm³/mol. The summed E-state index contributed by atoms with van der Waals surface area (Å²) < 4.78 is 0. The van der Waals surface area contributed by atoms with Gasteiger partial charge in [-0.05, 0) is 55.9 Å². The molecule has 0 saturated carbocycles. The maximum Gasteiger partial charge on any atom is 0.226 e. The van der Waals surface area contributed by atoms with Crippen LogP contribution in [0.25, 0.3) is 0 Å². The molecule has 2 rings (SSSR count). The molecule has 26 heavy (non-hydrogen) atoms. The number of hydrogen-bond donors (Lipinski definition) is 1. The van der Waals surface area contributed by atoms with Crippen LogP contribution in [0.1, 0.15) is 52.9 Å². The van der Waals surface area contributed by atoms with Gasteiger partial charge >= 0.3 is 0 Å². The van der Waals surface area contributed by atoms with Gasteiger partial charge < -0.3 is 15.1 Å². The fraction of sp³-hybridized carbons (Fsp3) is 0.619. The summed E-state index contributed by atoms with van der Waals surface area (Å²) in [6, 6.07) is 8.07. The summed E-state index contributed by atoms with van der Waals surface area (Å²) >= 11 is 0. The number of benzene rings is 1. The zero-order valence-electron chi connectivity index (χ0n) is 16.5. The van der Waals surface area contributed by atoms with Crippen LogP contribution in [0.5, 0.6) is 0 Å². The maximum absolute atomic E-state index is 12.2. The lowest BCUT2D eigenvalue weighted by molar-refractivity contribution is -0.129. The first-order valence-electron chi connectivity index (χ1n) is 9.86. The van der Waals surface area contributed by atoms with Crippen molar-refractivity contribution in [2.75, 3.05) is 36.4 Å². The summed E-state index contributed by atoms with van der Waals surface area (Å²) in [7, 11) is 0. The molecule has 5 heteroatoms. The molecular formula is C21H33N3O2. The first-order chi connectivity index (χ1) is 12.5. The van der Waals surface area contributed by atoms with Crippen LogP contribution in [0.2, 0.25) is 0 Å². The summed E-state index contributed by atoms with van der Waals surface area (Å²) in [5.74, 6) is 0.528. The van der Waals surface area contributed by atoms with Crippen molar-refractivity contribution in [3.05, 3.63) is 24.3 Å². The Balaban J connectivity index is 1.80. The van der Waals surface area contributed by atoms with E-state index in [4.69, 9.17) is 0 Å². The van der Waals surface area contributed by atoms with Crippen LogP contribution < -0.4 is 10.2 Å². The zero-order chi connectivity index (χ0) is 18.9. The molecule has 0 bridgehead atoms. The van der Waals surface area contributed by atoms with Gasteiger partial charge in [-0.3, -0.25) is 9.59 Å². The molecule has 0 unspecified atom stereocenters. The number of piperidine rings is 1. The third-order valence-electron chi connectivity index (χ3n) is 4.90. The first-order valence-corrected chi connectivity index (χ1v) is 9.86. The van der Waals surface area contributed by atoms with Crippen LogP contribution in [0.4, 0.5) is 11.4 Å². The normalized spacial score (nSPS) is 14.4. The fourth-order valence-corrected chi connectivity index (χ4v) is 3.21. The van der Waals surface area contributed by atoms with E-state index in [2.05, 4.69) is 36.2 Å². The second-order valence-corrected chi connectivity index (χ2v) is 7.58. The van der Waals surface area contributed by atoms with E-state index >= 15 is 0 Å². The molecule has 144 valence electrons. The highest BCUT2D eigenvalue weighted by molar-refractivity contribution is 5.91. The molecule has 1 aromatic carbocycles. The second kappa shape index (κ2) is 10.2. The average Bonchev–Trinajstić information content (AvgIpc) is 2.62. The molecule has 1 aliphatic heterocycles. The SMILES string of the molecule is CC(=O)N(CCC(=O)Nc1ccc(N2CCCCC2)cc1)CCC(C)C. The minimum absolute atomic E-state index is 0.0318. The molecule has 0 radical (unpaired) electrons. The standard InChI is InChI=1S/C21H33N3O2/c1-17(2)11-15-23(18(3)25)16-12-21(26)22-19-7-9-20(10-8-19)24-13-5-4-6-14-24/h7-10,17H,4-6,11-16H2,1-3H3,(H,22,26). The van der Waals surface area contributed by atoms with Crippen molar-refractivity contribution >= 4 is 23.2 Å². The van der Waals surface area contributed by atoms with E-state index < -0.39 is 0 Å². The minimum Gasteiger partial charge on any atom is -0.372 e. The number of nitrogens with one attached hydrogen (secondary N) is 1. The molecule has 0 spiro atoms. The van der Waals surface area contributed by atoms with Crippen LogP contribution in [0.3, 0.4) is 0 Å². The lowest BCUT2D eigenvalue weighted by atomic mass is 10.1. The monoisotopic (exact) mass is 359 g/mol. The number of hydrogen-bond acceptors (Lipinski definition) is 3. The number of rotatable bonds is 8. The van der Waals surface area contributed by atoms with Crippen molar-refractivity contribution in [2.24, 2.45) is 5.92 Å². The van der Waals surface area contributed by atoms with Gasteiger partial charge in [-0.1, -0.05) is 13.8 Å². The highest BCUT2D eigenvalue weighted by Crippen LogP contribution is 2.21. The van der Waals surface area contributed by atoms with Crippen LogP contribution >= 0.6 is 0 Å². The first kappa shape index (κ1) is 20.3. The average molecular weight is 360 g/mol. The molecule has 5 nitrogen and oxygen atoms in total. The molecule has 1 saturated heterocycles. The van der Waals surface area contributed by atoms with E-state index in [1.807, 2.05) is 12.1 Å². The van der Waals surface area contributed by atoms with Gasteiger partial charge in [0.2, 0.25) is 11.8 Å². The largest absolute Gasteiger partial charge is 0.372 e. The molecule has 2 amide bonds. The van der Waals surface area contributed by atoms with Crippen molar-refractivity contribution in [1.82, 2.24) is 4.90 Å². The van der Waals surface area contributed by atoms with Crippen molar-refractivity contribution in [2.45, 2.75) is 52.9 Å². The Bertz CT molecular complexity index is 577. The van der Waals surface area contributed by atoms with E-state index in [9.17, 15) is 9.59 Å². The van der Waals surface area contributed by atoms with Gasteiger partial charge in [0.15, 0.2) is 0 Å². The Morgan fingerprint density at radius 3 is 2.31 bits per heavy atom. The summed E-state index contributed by atoms with van der Waals surface area (Å²) in [5.41, 5.74) is 2.03. The molecule has 1 N–H and O–H groups in total. The van der Waals surface area contributed by atoms with Crippen LogP contribution in [-0.4, -0.2) is 42.9 Å². The van der Waals surface area contributed by atoms with Gasteiger partial charge in [0, 0.05) is 50.9 Å². The Labute approximate surface area is 157 Å². The third-order valence-corrected chi connectivity index (χ3v) is 4.90. The van der Waals surface area contributed by atoms with Gasteiger partial charge in [0.1, 0.15) is 0 Å². The van der Waals surface area contributed by atoms with E-state index in [0.717, 1.165) is 25.2 Å². The Kier molecular flexibility index (Phi) is 7.95. The van der Waals surface area contributed by atoms with E-state index in [1.165, 1.54) is 24.9 Å². The third kappa shape index (κ3) is 6.70. The summed E-state index contributed by atoms with van der Waals surface area (Å²) in [5, 5.41) is 2.94. The highest BCUT2D eigenvalue weighted by atomic mass is 16.2. The molecule has 1 fully saturated rings. The number of carbonyl (C=O) groups is 2. The van der Waals surface area contributed by atoms with Gasteiger partial charge in [0.25, 0.3) is 0 Å². The van der Waals surface area contributed by atoms with Crippen molar-refractivity contribution in [3.8, 4) is 0 Å².